The zero-order valence-corrected chi connectivity index (χ0v) is 9.93. The molecule has 0 aliphatic rings. The van der Waals surface area contributed by atoms with Crippen LogP contribution in [0.5, 0.6) is 0 Å². The van der Waals surface area contributed by atoms with Crippen LogP contribution in [0.3, 0.4) is 0 Å². The molecule has 0 aromatic heterocycles. The summed E-state index contributed by atoms with van der Waals surface area (Å²) in [6.07, 6.45) is 19.4. The van der Waals surface area contributed by atoms with E-state index >= 15 is 0 Å². The second-order valence-corrected chi connectivity index (χ2v) is 3.31. The second-order valence-electron chi connectivity index (χ2n) is 3.31. The molecule has 0 aliphatic carbocycles. The van der Waals surface area contributed by atoms with E-state index in [9.17, 15) is 4.79 Å². The van der Waals surface area contributed by atoms with E-state index in [4.69, 9.17) is 0 Å². The van der Waals surface area contributed by atoms with E-state index < -0.39 is 0 Å². The fraction of sp³-hybridized carbons (Fsp3) is 0.267. The zero-order chi connectivity index (χ0) is 12.1. The second kappa shape index (κ2) is 11.4. The van der Waals surface area contributed by atoms with Crippen molar-refractivity contribution in [2.75, 3.05) is 0 Å². The molecule has 0 aliphatic heterocycles. The molecule has 0 rings (SSSR count). The summed E-state index contributed by atoms with van der Waals surface area (Å²) in [5.74, 6) is -0.0282. The van der Waals surface area contributed by atoms with E-state index in [-0.39, 0.29) is 5.78 Å². The Labute approximate surface area is 98.6 Å². The molecular formula is C15H20O. The summed E-state index contributed by atoms with van der Waals surface area (Å²) in [5.41, 5.74) is 0. The summed E-state index contributed by atoms with van der Waals surface area (Å²) in [5, 5.41) is 0. The van der Waals surface area contributed by atoms with Crippen molar-refractivity contribution in [2.24, 2.45) is 0 Å². The standard InChI is InChI=1S/C15H20O/c1-3-5-7-8-9-10-11-12-14-15(16)13-6-4-2/h4,6,8-14H,2-3,5,7H2,1H3. The molecule has 0 radical (unpaired) electrons. The van der Waals surface area contributed by atoms with Crippen molar-refractivity contribution in [1.29, 1.82) is 0 Å². The van der Waals surface area contributed by atoms with Gasteiger partial charge in [-0.3, -0.25) is 4.79 Å². The van der Waals surface area contributed by atoms with Crippen LogP contribution in [0.4, 0.5) is 0 Å². The van der Waals surface area contributed by atoms with Gasteiger partial charge in [0, 0.05) is 0 Å². The minimum Gasteiger partial charge on any atom is -0.290 e. The number of unbranched alkanes of at least 4 members (excludes halogenated alkanes) is 2. The summed E-state index contributed by atoms with van der Waals surface area (Å²) >= 11 is 0. The lowest BCUT2D eigenvalue weighted by atomic mass is 10.2. The quantitative estimate of drug-likeness (QED) is 0.338. The Hall–Kier alpha value is -1.63. The molecule has 0 N–H and O–H groups in total. The highest BCUT2D eigenvalue weighted by molar-refractivity contribution is 5.99. The fourth-order valence-corrected chi connectivity index (χ4v) is 0.994. The van der Waals surface area contributed by atoms with E-state index in [1.807, 2.05) is 18.2 Å². The first kappa shape index (κ1) is 14.4. The van der Waals surface area contributed by atoms with E-state index in [0.29, 0.717) is 0 Å². The van der Waals surface area contributed by atoms with Gasteiger partial charge in [0.25, 0.3) is 0 Å². The predicted molar refractivity (Wildman–Crippen MR) is 71.3 cm³/mol. The van der Waals surface area contributed by atoms with Gasteiger partial charge in [0.15, 0.2) is 5.78 Å². The lowest BCUT2D eigenvalue weighted by Crippen LogP contribution is -1.82. The Morgan fingerprint density at radius 3 is 2.44 bits per heavy atom. The molecule has 0 aromatic rings. The van der Waals surface area contributed by atoms with E-state index in [0.717, 1.165) is 6.42 Å². The molecule has 16 heavy (non-hydrogen) atoms. The van der Waals surface area contributed by atoms with Gasteiger partial charge in [0.1, 0.15) is 0 Å². The van der Waals surface area contributed by atoms with Gasteiger partial charge in [-0.25, -0.2) is 0 Å². The van der Waals surface area contributed by atoms with Crippen molar-refractivity contribution in [3.63, 3.8) is 0 Å². The Bertz CT molecular complexity index is 303. The molecule has 0 aromatic carbocycles. The van der Waals surface area contributed by atoms with Crippen LogP contribution in [0.2, 0.25) is 0 Å². The fourth-order valence-electron chi connectivity index (χ4n) is 0.994. The average molecular weight is 216 g/mol. The number of carbonyl (C=O) groups excluding carboxylic acids is 1. The van der Waals surface area contributed by atoms with Crippen LogP contribution in [0, 0.1) is 0 Å². The molecule has 0 bridgehead atoms. The van der Waals surface area contributed by atoms with Crippen LogP contribution in [0.1, 0.15) is 26.2 Å². The molecule has 0 saturated heterocycles. The maximum Gasteiger partial charge on any atom is 0.178 e. The van der Waals surface area contributed by atoms with Crippen LogP contribution in [0.15, 0.2) is 61.3 Å². The van der Waals surface area contributed by atoms with Gasteiger partial charge >= 0.3 is 0 Å². The third kappa shape index (κ3) is 10.5. The van der Waals surface area contributed by atoms with Crippen LogP contribution in [-0.2, 0) is 4.79 Å². The lowest BCUT2D eigenvalue weighted by Gasteiger charge is -1.85. The monoisotopic (exact) mass is 216 g/mol. The molecule has 0 unspecified atom stereocenters. The predicted octanol–water partition coefficient (Wildman–Crippen LogP) is 4.16. The number of hydrogen-bond donors (Lipinski definition) is 0. The normalized spacial score (nSPS) is 12.3. The Morgan fingerprint density at radius 2 is 1.75 bits per heavy atom. The molecule has 0 atom stereocenters. The van der Waals surface area contributed by atoms with Crippen LogP contribution >= 0.6 is 0 Å². The highest BCUT2D eigenvalue weighted by Gasteiger charge is 1.83. The summed E-state index contributed by atoms with van der Waals surface area (Å²) in [6, 6.07) is 0. The van der Waals surface area contributed by atoms with Crippen molar-refractivity contribution in [2.45, 2.75) is 26.2 Å². The molecule has 0 amide bonds. The molecule has 1 nitrogen and oxygen atoms in total. The summed E-state index contributed by atoms with van der Waals surface area (Å²) < 4.78 is 0. The van der Waals surface area contributed by atoms with Crippen molar-refractivity contribution in [3.05, 3.63) is 61.3 Å². The third-order valence-corrected chi connectivity index (χ3v) is 1.85. The first-order valence-corrected chi connectivity index (χ1v) is 5.64. The van der Waals surface area contributed by atoms with Gasteiger partial charge in [-0.2, -0.15) is 0 Å². The van der Waals surface area contributed by atoms with Gasteiger partial charge in [-0.1, -0.05) is 68.9 Å². The number of allylic oxidation sites excluding steroid dienone is 9. The van der Waals surface area contributed by atoms with E-state index in [1.54, 1.807) is 18.2 Å². The van der Waals surface area contributed by atoms with E-state index in [2.05, 4.69) is 19.6 Å². The van der Waals surface area contributed by atoms with Gasteiger partial charge in [-0.05, 0) is 18.6 Å². The molecule has 0 spiro atoms. The Balaban J connectivity index is 3.77. The van der Waals surface area contributed by atoms with Gasteiger partial charge < -0.3 is 0 Å². The van der Waals surface area contributed by atoms with Crippen molar-refractivity contribution >= 4 is 5.78 Å². The van der Waals surface area contributed by atoms with Crippen molar-refractivity contribution in [1.82, 2.24) is 0 Å². The number of ketones is 1. The summed E-state index contributed by atoms with van der Waals surface area (Å²) in [4.78, 5) is 11.1. The first-order chi connectivity index (χ1) is 7.81. The molecule has 1 heteroatoms. The minimum atomic E-state index is -0.0282. The highest BCUT2D eigenvalue weighted by Crippen LogP contribution is 1.94. The highest BCUT2D eigenvalue weighted by atomic mass is 16.1. The minimum absolute atomic E-state index is 0.0282. The SMILES string of the molecule is C=CC=CC(=O)C=CC=CC=CCCCC. The molecule has 0 saturated carbocycles. The summed E-state index contributed by atoms with van der Waals surface area (Å²) in [6.45, 7) is 5.67. The lowest BCUT2D eigenvalue weighted by molar-refractivity contribution is -0.110. The Kier molecular flexibility index (Phi) is 10.3. The van der Waals surface area contributed by atoms with E-state index in [1.165, 1.54) is 25.0 Å². The summed E-state index contributed by atoms with van der Waals surface area (Å²) in [7, 11) is 0. The molecule has 0 fully saturated rings. The smallest absolute Gasteiger partial charge is 0.178 e. The number of hydrogen-bond acceptors (Lipinski definition) is 1. The van der Waals surface area contributed by atoms with Gasteiger partial charge in [-0.15, -0.1) is 0 Å². The maximum atomic E-state index is 11.1. The maximum absolute atomic E-state index is 11.1. The largest absolute Gasteiger partial charge is 0.290 e. The number of carbonyl (C=O) groups is 1. The zero-order valence-electron chi connectivity index (χ0n) is 9.93. The Morgan fingerprint density at radius 1 is 1.06 bits per heavy atom. The van der Waals surface area contributed by atoms with Crippen LogP contribution < -0.4 is 0 Å². The first-order valence-electron chi connectivity index (χ1n) is 5.64. The van der Waals surface area contributed by atoms with Gasteiger partial charge in [0.05, 0.1) is 0 Å². The van der Waals surface area contributed by atoms with Crippen molar-refractivity contribution < 1.29 is 4.79 Å². The van der Waals surface area contributed by atoms with Crippen molar-refractivity contribution in [3.8, 4) is 0 Å². The average Bonchev–Trinajstić information content (AvgIpc) is 2.30. The van der Waals surface area contributed by atoms with Gasteiger partial charge in [0.2, 0.25) is 0 Å². The van der Waals surface area contributed by atoms with Crippen LogP contribution in [-0.4, -0.2) is 5.78 Å². The third-order valence-electron chi connectivity index (χ3n) is 1.85. The van der Waals surface area contributed by atoms with Crippen LogP contribution in [0.25, 0.3) is 0 Å². The molecule has 86 valence electrons. The molecular weight excluding hydrogens is 196 g/mol. The molecule has 0 heterocycles. The number of rotatable bonds is 8. The topological polar surface area (TPSA) is 17.1 Å².